The van der Waals surface area contributed by atoms with Crippen molar-refractivity contribution >= 4 is 12.3 Å². The molecule has 0 heterocycles. The molecule has 0 aromatic carbocycles. The van der Waals surface area contributed by atoms with Gasteiger partial charge in [0.15, 0.2) is 0 Å². The smallest absolute Gasteiger partial charge is 0.565 e. The number of carbonyl (C=O) groups is 2. The molecule has 0 saturated carbocycles. The maximum Gasteiger partial charge on any atom is 1.00 e. The zero-order valence-electron chi connectivity index (χ0n) is 6.42. The van der Waals surface area contributed by atoms with Crippen LogP contribution in [0.25, 0.3) is 0 Å². The first-order chi connectivity index (χ1) is 4.46. The molecular weight excluding hydrogens is 198 g/mol. The van der Waals surface area contributed by atoms with E-state index in [0.29, 0.717) is 0 Å². The minimum Gasteiger partial charge on any atom is -0.565 e. The first kappa shape index (κ1) is 29.4. The fourth-order valence-electron chi connectivity index (χ4n) is 0. The van der Waals surface area contributed by atoms with Crippen molar-refractivity contribution in [3.8, 4) is 0 Å². The van der Waals surface area contributed by atoms with Gasteiger partial charge >= 0.3 is 59.1 Å². The molecule has 0 aromatic heterocycles. The van der Waals surface area contributed by atoms with Crippen molar-refractivity contribution < 1.29 is 99.6 Å². The van der Waals surface area contributed by atoms with Gasteiger partial charge in [0.25, 0.3) is 0 Å². The Bertz CT molecular complexity index is 73.1. The average molecular weight is 202 g/mol. The molecule has 0 aliphatic heterocycles. The van der Waals surface area contributed by atoms with Gasteiger partial charge in [-0.15, -0.1) is 0 Å². The van der Waals surface area contributed by atoms with Gasteiger partial charge in [-0.25, -0.2) is 0 Å². The van der Waals surface area contributed by atoms with Crippen LogP contribution in [-0.4, -0.2) is 33.0 Å². The predicted molar refractivity (Wildman–Crippen MR) is 21.3 cm³/mol. The Labute approximate surface area is 111 Å². The van der Waals surface area contributed by atoms with E-state index in [2.05, 4.69) is 0 Å². The zero-order valence-corrected chi connectivity index (χ0v) is 10.4. The van der Waals surface area contributed by atoms with Crippen molar-refractivity contribution in [2.24, 2.45) is 0 Å². The van der Waals surface area contributed by atoms with E-state index in [0.717, 1.165) is 0 Å². The van der Waals surface area contributed by atoms with Gasteiger partial charge in [0, 0.05) is 0 Å². The van der Waals surface area contributed by atoms with Crippen LogP contribution in [0, 0.1) is 0 Å². The average Bonchev–Trinajstić information content (AvgIpc) is 1.66. The van der Waals surface area contributed by atoms with E-state index in [9.17, 15) is 0 Å². The molecule has 0 bridgehead atoms. The SMILES string of the molecule is O=C([O-])O.O=C([O-])O.OO.[Na+].[Na+]. The molecule has 0 radical (unpaired) electrons. The molecule has 0 fully saturated rings. The van der Waals surface area contributed by atoms with Crippen LogP contribution in [0.3, 0.4) is 0 Å². The third-order valence-electron chi connectivity index (χ3n) is 0. The summed E-state index contributed by atoms with van der Waals surface area (Å²) in [6.07, 6.45) is -4.17. The second-order valence-corrected chi connectivity index (χ2v) is 0.532. The van der Waals surface area contributed by atoms with Crippen molar-refractivity contribution in [1.29, 1.82) is 0 Å². The minimum absolute atomic E-state index is 0. The van der Waals surface area contributed by atoms with Crippen molar-refractivity contribution in [2.45, 2.75) is 0 Å². The van der Waals surface area contributed by atoms with Crippen LogP contribution >= 0.6 is 0 Å². The van der Waals surface area contributed by atoms with Crippen LogP contribution in [-0.2, 0) is 0 Å². The molecule has 0 saturated heterocycles. The van der Waals surface area contributed by atoms with E-state index in [1.54, 1.807) is 0 Å². The van der Waals surface area contributed by atoms with Gasteiger partial charge in [0.1, 0.15) is 0 Å². The number of hydrogen-bond acceptors (Lipinski definition) is 6. The Hall–Kier alpha value is 0.460. The quantitative estimate of drug-likeness (QED) is 0.171. The van der Waals surface area contributed by atoms with E-state index < -0.39 is 12.3 Å². The normalized spacial score (nSPS) is 4.50. The number of carboxylic acid groups (broad SMARTS) is 4. The summed E-state index contributed by atoms with van der Waals surface area (Å²) < 4.78 is 0. The summed E-state index contributed by atoms with van der Waals surface area (Å²) in [6, 6.07) is 0. The molecule has 10 heteroatoms. The molecule has 4 N–H and O–H groups in total. The van der Waals surface area contributed by atoms with E-state index in [-0.39, 0.29) is 59.1 Å². The summed E-state index contributed by atoms with van der Waals surface area (Å²) in [5.74, 6) is 0. The minimum atomic E-state index is -2.08. The van der Waals surface area contributed by atoms with Crippen molar-refractivity contribution in [2.75, 3.05) is 0 Å². The Morgan fingerprint density at radius 3 is 0.833 bits per heavy atom. The van der Waals surface area contributed by atoms with E-state index in [4.69, 9.17) is 40.5 Å². The van der Waals surface area contributed by atoms with Crippen LogP contribution in [0.1, 0.15) is 0 Å². The van der Waals surface area contributed by atoms with Gasteiger partial charge in [0.05, 0.1) is 0 Å². The summed E-state index contributed by atoms with van der Waals surface area (Å²) in [7, 11) is 0. The molecule has 0 aliphatic carbocycles. The third kappa shape index (κ3) is 4420. The monoisotopic (exact) mass is 202 g/mol. The maximum absolute atomic E-state index is 8.44. The van der Waals surface area contributed by atoms with Crippen LogP contribution < -0.4 is 69.3 Å². The van der Waals surface area contributed by atoms with E-state index in [1.165, 1.54) is 0 Å². The molecule has 62 valence electrons. The molecule has 0 atom stereocenters. The molecule has 0 amide bonds. The number of rotatable bonds is 0. The first-order valence-corrected chi connectivity index (χ1v) is 1.46. The van der Waals surface area contributed by atoms with Crippen LogP contribution in [0.15, 0.2) is 0 Å². The summed E-state index contributed by atoms with van der Waals surface area (Å²) in [5.41, 5.74) is 0. The molecule has 0 unspecified atom stereocenters. The van der Waals surface area contributed by atoms with Gasteiger partial charge in [-0.1, -0.05) is 0 Å². The Morgan fingerprint density at radius 2 is 0.833 bits per heavy atom. The molecular formula is C2H4Na2O8. The first-order valence-electron chi connectivity index (χ1n) is 1.46. The van der Waals surface area contributed by atoms with Gasteiger partial charge in [0.2, 0.25) is 12.3 Å². The Morgan fingerprint density at radius 1 is 0.833 bits per heavy atom. The molecule has 0 aliphatic rings. The van der Waals surface area contributed by atoms with Crippen LogP contribution in [0.5, 0.6) is 0 Å². The van der Waals surface area contributed by atoms with E-state index in [1.807, 2.05) is 0 Å². The topological polar surface area (TPSA) is 161 Å². The summed E-state index contributed by atoms with van der Waals surface area (Å²) in [4.78, 5) is 16.9. The molecule has 0 aromatic rings. The fraction of sp³-hybridized carbons (Fsp3) is 0. The molecule has 0 rings (SSSR count). The van der Waals surface area contributed by atoms with Crippen LogP contribution in [0.2, 0.25) is 0 Å². The maximum atomic E-state index is 8.44. The summed E-state index contributed by atoms with van der Waals surface area (Å²) >= 11 is 0. The van der Waals surface area contributed by atoms with E-state index >= 15 is 0 Å². The molecule has 8 nitrogen and oxygen atoms in total. The fourth-order valence-corrected chi connectivity index (χ4v) is 0. The Balaban J connectivity index is -0.0000000198. The van der Waals surface area contributed by atoms with Gasteiger partial charge in [-0.2, -0.15) is 0 Å². The van der Waals surface area contributed by atoms with Gasteiger partial charge < -0.3 is 30.0 Å². The van der Waals surface area contributed by atoms with Crippen molar-refractivity contribution in [1.82, 2.24) is 0 Å². The van der Waals surface area contributed by atoms with Gasteiger partial charge in [-0.05, 0) is 0 Å². The number of hydrogen-bond donors (Lipinski definition) is 4. The third-order valence-corrected chi connectivity index (χ3v) is 0. The van der Waals surface area contributed by atoms with Crippen molar-refractivity contribution in [3.63, 3.8) is 0 Å². The zero-order chi connectivity index (χ0) is 9.15. The Kier molecular flexibility index (Phi) is 73.6. The van der Waals surface area contributed by atoms with Gasteiger partial charge in [-0.3, -0.25) is 10.5 Å². The standard InChI is InChI=1S/2CH2O3.2Na.H2O2/c2*2-1(3)4;;;1-2/h2*(H2,2,3,4);;;1-2H/q;;2*+1;/p-2. The predicted octanol–water partition coefficient (Wildman–Crippen LogP) is -8.20. The molecule has 0 spiro atoms. The summed E-state index contributed by atoms with van der Waals surface area (Å²) in [6.45, 7) is 0. The summed E-state index contributed by atoms with van der Waals surface area (Å²) in [5, 5.41) is 42.6. The second-order valence-electron chi connectivity index (χ2n) is 0.532. The van der Waals surface area contributed by atoms with Crippen LogP contribution in [0.4, 0.5) is 9.59 Å². The largest absolute Gasteiger partial charge is 1.00 e. The second kappa shape index (κ2) is 30.0. The van der Waals surface area contributed by atoms with Crippen molar-refractivity contribution in [3.05, 3.63) is 0 Å². The molecule has 12 heavy (non-hydrogen) atoms.